The molecule has 3 N–H and O–H groups in total. The van der Waals surface area contributed by atoms with Gasteiger partial charge in [0.15, 0.2) is 0 Å². The van der Waals surface area contributed by atoms with E-state index in [2.05, 4.69) is 36.5 Å². The summed E-state index contributed by atoms with van der Waals surface area (Å²) in [5.41, 5.74) is 11.1. The third-order valence-electron chi connectivity index (χ3n) is 5.22. The summed E-state index contributed by atoms with van der Waals surface area (Å²) in [4.78, 5) is 11.8. The van der Waals surface area contributed by atoms with Crippen LogP contribution in [-0.2, 0) is 10.2 Å². The molecule has 0 aliphatic heterocycles. The van der Waals surface area contributed by atoms with Crippen LogP contribution in [0.1, 0.15) is 48.8 Å². The normalized spacial score (nSPS) is 17.1. The molecule has 0 saturated heterocycles. The highest BCUT2D eigenvalue weighted by Gasteiger charge is 2.41. The number of hydrogen-bond acceptors (Lipinski definition) is 3. The molecule has 1 unspecified atom stereocenters. The second-order valence-corrected chi connectivity index (χ2v) is 6.54. The minimum Gasteiger partial charge on any atom is -0.399 e. The van der Waals surface area contributed by atoms with E-state index in [0.717, 1.165) is 48.1 Å². The lowest BCUT2D eigenvalue weighted by molar-refractivity contribution is -0.115. The molecule has 0 aromatic heterocycles. The van der Waals surface area contributed by atoms with Gasteiger partial charge in [0.2, 0.25) is 0 Å². The number of hydrogen-bond donors (Lipinski definition) is 2. The number of carbonyl (C=O) groups excluding carboxylic acids is 1. The molecule has 2 aromatic rings. The predicted octanol–water partition coefficient (Wildman–Crippen LogP) is 4.08. The Labute approximate surface area is 137 Å². The van der Waals surface area contributed by atoms with Gasteiger partial charge in [-0.25, -0.2) is 0 Å². The van der Waals surface area contributed by atoms with E-state index in [4.69, 9.17) is 5.73 Å². The van der Waals surface area contributed by atoms with E-state index in [1.807, 2.05) is 25.2 Å². The summed E-state index contributed by atoms with van der Waals surface area (Å²) in [5.74, 6) is 0.213. The van der Waals surface area contributed by atoms with Crippen molar-refractivity contribution in [2.75, 3.05) is 18.1 Å². The van der Waals surface area contributed by atoms with Crippen molar-refractivity contribution in [2.24, 2.45) is 0 Å². The number of nitrogens with one attached hydrogen (secondary N) is 1. The van der Waals surface area contributed by atoms with Crippen molar-refractivity contribution in [3.8, 4) is 0 Å². The largest absolute Gasteiger partial charge is 0.399 e. The van der Waals surface area contributed by atoms with Crippen LogP contribution in [-0.4, -0.2) is 13.3 Å². The smallest absolute Gasteiger partial charge is 0.130 e. The summed E-state index contributed by atoms with van der Waals surface area (Å²) in [5, 5.41) is 3.34. The molecule has 0 amide bonds. The van der Waals surface area contributed by atoms with Crippen LogP contribution >= 0.6 is 0 Å². The number of rotatable bonds is 5. The number of carbonyl (C=O) groups is 1. The molecule has 1 fully saturated rings. The van der Waals surface area contributed by atoms with Crippen molar-refractivity contribution < 1.29 is 4.79 Å². The average molecular weight is 308 g/mol. The Hall–Kier alpha value is -2.29. The molecule has 0 spiro atoms. The van der Waals surface area contributed by atoms with Gasteiger partial charge in [-0.15, -0.1) is 0 Å². The standard InChI is InChI=1S/C20H24N2O/c1-14(15-7-4-3-5-8-15)17-11-16(21)12-18(19(17)22-2)20(13-23)9-6-10-20/h3-5,7-8,11-14,22H,6,9-10,21H2,1-2H3. The Bertz CT molecular complexity index is 705. The van der Waals surface area contributed by atoms with Gasteiger partial charge in [0, 0.05) is 24.3 Å². The van der Waals surface area contributed by atoms with E-state index in [0.29, 0.717) is 0 Å². The molecule has 0 bridgehead atoms. The number of aldehydes is 1. The van der Waals surface area contributed by atoms with Crippen molar-refractivity contribution in [2.45, 2.75) is 37.5 Å². The Morgan fingerprint density at radius 3 is 2.43 bits per heavy atom. The quantitative estimate of drug-likeness (QED) is 0.646. The van der Waals surface area contributed by atoms with Crippen LogP contribution < -0.4 is 11.1 Å². The van der Waals surface area contributed by atoms with E-state index in [9.17, 15) is 4.79 Å². The lowest BCUT2D eigenvalue weighted by Crippen LogP contribution is -2.36. The maximum absolute atomic E-state index is 11.8. The van der Waals surface area contributed by atoms with Crippen LogP contribution in [0.2, 0.25) is 0 Å². The zero-order valence-corrected chi connectivity index (χ0v) is 13.8. The Balaban J connectivity index is 2.14. The molecular formula is C20H24N2O. The van der Waals surface area contributed by atoms with Crippen molar-refractivity contribution in [3.05, 3.63) is 59.2 Å². The van der Waals surface area contributed by atoms with Crippen LogP contribution in [0.25, 0.3) is 0 Å². The first-order valence-electron chi connectivity index (χ1n) is 8.24. The zero-order chi connectivity index (χ0) is 16.4. The highest BCUT2D eigenvalue weighted by atomic mass is 16.1. The fourth-order valence-electron chi connectivity index (χ4n) is 3.63. The van der Waals surface area contributed by atoms with Crippen molar-refractivity contribution in [1.82, 2.24) is 0 Å². The predicted molar refractivity (Wildman–Crippen MR) is 96.0 cm³/mol. The first-order valence-corrected chi connectivity index (χ1v) is 8.24. The van der Waals surface area contributed by atoms with Crippen molar-refractivity contribution in [3.63, 3.8) is 0 Å². The maximum atomic E-state index is 11.8. The SMILES string of the molecule is CNc1c(C(C)c2ccccc2)cc(N)cc1C1(C=O)CCC1. The highest BCUT2D eigenvalue weighted by molar-refractivity contribution is 5.79. The van der Waals surface area contributed by atoms with Crippen LogP contribution in [0.3, 0.4) is 0 Å². The second-order valence-electron chi connectivity index (χ2n) is 6.54. The van der Waals surface area contributed by atoms with Gasteiger partial charge in [-0.1, -0.05) is 43.7 Å². The van der Waals surface area contributed by atoms with E-state index >= 15 is 0 Å². The van der Waals surface area contributed by atoms with Gasteiger partial charge in [0.1, 0.15) is 6.29 Å². The van der Waals surface area contributed by atoms with Gasteiger partial charge in [-0.3, -0.25) is 0 Å². The van der Waals surface area contributed by atoms with E-state index in [-0.39, 0.29) is 11.3 Å². The highest BCUT2D eigenvalue weighted by Crippen LogP contribution is 2.48. The Morgan fingerprint density at radius 1 is 1.22 bits per heavy atom. The minimum atomic E-state index is -0.362. The third kappa shape index (κ3) is 2.61. The molecule has 1 saturated carbocycles. The van der Waals surface area contributed by atoms with E-state index < -0.39 is 0 Å². The average Bonchev–Trinajstić information content (AvgIpc) is 2.54. The van der Waals surface area contributed by atoms with Crippen molar-refractivity contribution in [1.29, 1.82) is 0 Å². The van der Waals surface area contributed by atoms with Crippen LogP contribution in [0.4, 0.5) is 11.4 Å². The van der Waals surface area contributed by atoms with Gasteiger partial charge in [0.25, 0.3) is 0 Å². The molecule has 0 heterocycles. The monoisotopic (exact) mass is 308 g/mol. The number of nitrogen functional groups attached to an aromatic ring is 1. The first kappa shape index (κ1) is 15.6. The lowest BCUT2D eigenvalue weighted by Gasteiger charge is -2.39. The fourth-order valence-corrected chi connectivity index (χ4v) is 3.63. The molecule has 0 radical (unpaired) electrons. The maximum Gasteiger partial charge on any atom is 0.130 e. The molecule has 3 nitrogen and oxygen atoms in total. The van der Waals surface area contributed by atoms with Crippen molar-refractivity contribution >= 4 is 17.7 Å². The molecule has 3 rings (SSSR count). The van der Waals surface area contributed by atoms with Crippen LogP contribution in [0, 0.1) is 0 Å². The van der Waals surface area contributed by atoms with Crippen LogP contribution in [0.15, 0.2) is 42.5 Å². The summed E-state index contributed by atoms with van der Waals surface area (Å²) in [6.07, 6.45) is 4.03. The molecular weight excluding hydrogens is 284 g/mol. The summed E-state index contributed by atoms with van der Waals surface area (Å²) in [6, 6.07) is 14.4. The number of nitrogens with two attached hydrogens (primary N) is 1. The topological polar surface area (TPSA) is 55.1 Å². The summed E-state index contributed by atoms with van der Waals surface area (Å²) in [6.45, 7) is 2.18. The third-order valence-corrected chi connectivity index (χ3v) is 5.22. The van der Waals surface area contributed by atoms with Gasteiger partial charge < -0.3 is 15.8 Å². The van der Waals surface area contributed by atoms with Gasteiger partial charge in [-0.2, -0.15) is 0 Å². The molecule has 3 heteroatoms. The van der Waals surface area contributed by atoms with Gasteiger partial charge in [0.05, 0.1) is 5.41 Å². The molecule has 1 aliphatic rings. The Morgan fingerprint density at radius 2 is 1.91 bits per heavy atom. The van der Waals surface area contributed by atoms with Gasteiger partial charge >= 0.3 is 0 Å². The molecule has 1 aliphatic carbocycles. The van der Waals surface area contributed by atoms with E-state index in [1.54, 1.807) is 0 Å². The lowest BCUT2D eigenvalue weighted by atomic mass is 9.64. The molecule has 23 heavy (non-hydrogen) atoms. The summed E-state index contributed by atoms with van der Waals surface area (Å²) < 4.78 is 0. The fraction of sp³-hybridized carbons (Fsp3) is 0.350. The first-order chi connectivity index (χ1) is 11.1. The minimum absolute atomic E-state index is 0.213. The molecule has 120 valence electrons. The molecule has 1 atom stereocenters. The zero-order valence-electron chi connectivity index (χ0n) is 13.8. The van der Waals surface area contributed by atoms with Crippen LogP contribution in [0.5, 0.6) is 0 Å². The van der Waals surface area contributed by atoms with E-state index in [1.165, 1.54) is 5.56 Å². The Kier molecular flexibility index (Phi) is 4.12. The van der Waals surface area contributed by atoms with Gasteiger partial charge in [-0.05, 0) is 41.7 Å². The number of benzene rings is 2. The second kappa shape index (κ2) is 6.07. The summed E-state index contributed by atoms with van der Waals surface area (Å²) in [7, 11) is 1.92. The number of anilines is 2. The molecule has 2 aromatic carbocycles. The summed E-state index contributed by atoms with van der Waals surface area (Å²) >= 11 is 0.